The molecule has 0 saturated carbocycles. The summed E-state index contributed by atoms with van der Waals surface area (Å²) < 4.78 is 26.0. The van der Waals surface area contributed by atoms with Gasteiger partial charge < -0.3 is 0 Å². The molecule has 0 spiro atoms. The van der Waals surface area contributed by atoms with Crippen LogP contribution in [0.4, 0.5) is 0 Å². The molecule has 1 aliphatic rings. The van der Waals surface area contributed by atoms with Crippen LogP contribution in [0.25, 0.3) is 10.9 Å². The van der Waals surface area contributed by atoms with Crippen molar-refractivity contribution in [1.29, 1.82) is 0 Å². The molecule has 144 valence electrons. The van der Waals surface area contributed by atoms with E-state index in [4.69, 9.17) is 11.6 Å². The summed E-state index contributed by atoms with van der Waals surface area (Å²) in [6.07, 6.45) is 1.60. The molecule has 1 aromatic heterocycles. The van der Waals surface area contributed by atoms with Crippen molar-refractivity contribution in [3.63, 3.8) is 0 Å². The number of halogens is 1. The van der Waals surface area contributed by atoms with Crippen molar-refractivity contribution in [2.24, 2.45) is 5.10 Å². The highest BCUT2D eigenvalue weighted by molar-refractivity contribution is 7.88. The second-order valence-corrected chi connectivity index (χ2v) is 9.43. The van der Waals surface area contributed by atoms with Gasteiger partial charge >= 0.3 is 0 Å². The van der Waals surface area contributed by atoms with E-state index >= 15 is 0 Å². The van der Waals surface area contributed by atoms with Crippen molar-refractivity contribution in [2.75, 3.05) is 6.26 Å². The molecule has 3 aromatic rings. The van der Waals surface area contributed by atoms with Gasteiger partial charge in [-0.1, -0.05) is 53.1 Å². The third-order valence-corrected chi connectivity index (χ3v) is 6.23. The number of hydrogen-bond acceptors (Lipinski definition) is 4. The second kappa shape index (κ2) is 6.87. The first kappa shape index (κ1) is 18.9. The Hall–Kier alpha value is -2.44. The zero-order chi connectivity index (χ0) is 20.1. The zero-order valence-electron chi connectivity index (χ0n) is 15.8. The fraction of sp³-hybridized carbons (Fsp3) is 0.238. The van der Waals surface area contributed by atoms with E-state index in [2.05, 4.69) is 10.1 Å². The first-order chi connectivity index (χ1) is 13.2. The van der Waals surface area contributed by atoms with Gasteiger partial charge in [0.15, 0.2) is 0 Å². The number of rotatable bonds is 3. The normalized spacial score (nSPS) is 17.2. The van der Waals surface area contributed by atoms with E-state index in [0.717, 1.165) is 44.0 Å². The van der Waals surface area contributed by atoms with Crippen LogP contribution in [0.15, 0.2) is 53.6 Å². The SMILES string of the molecule is Cc1ccc(C2=NN(S(C)(=O)=O)[C@H](c3cc4cc(C)ccc4nc3Cl)C2)cc1. The zero-order valence-corrected chi connectivity index (χ0v) is 17.4. The molecular weight excluding hydrogens is 394 g/mol. The van der Waals surface area contributed by atoms with Crippen molar-refractivity contribution in [2.45, 2.75) is 26.3 Å². The Morgan fingerprint density at radius 3 is 2.39 bits per heavy atom. The molecule has 0 saturated heterocycles. The van der Waals surface area contributed by atoms with E-state index in [1.165, 1.54) is 0 Å². The lowest BCUT2D eigenvalue weighted by Crippen LogP contribution is -2.26. The standard InChI is InChI=1S/C21H20ClN3O2S/c1-13-4-7-15(8-5-13)19-12-20(25(24-19)28(3,26)27)17-11-16-10-14(2)6-9-18(16)23-21(17)22/h4-11,20H,12H2,1-3H3/t20-/m0/s1. The molecule has 0 bridgehead atoms. The van der Waals surface area contributed by atoms with Crippen molar-refractivity contribution < 1.29 is 8.42 Å². The van der Waals surface area contributed by atoms with Gasteiger partial charge in [0.1, 0.15) is 5.15 Å². The maximum absolute atomic E-state index is 12.4. The summed E-state index contributed by atoms with van der Waals surface area (Å²) in [7, 11) is -3.57. The number of fused-ring (bicyclic) bond motifs is 1. The molecule has 0 aliphatic carbocycles. The number of benzene rings is 2. The highest BCUT2D eigenvalue weighted by atomic mass is 35.5. The summed E-state index contributed by atoms with van der Waals surface area (Å²) >= 11 is 6.47. The topological polar surface area (TPSA) is 62.6 Å². The maximum Gasteiger partial charge on any atom is 0.247 e. The Bertz CT molecular complexity index is 1200. The van der Waals surface area contributed by atoms with Gasteiger partial charge in [-0.25, -0.2) is 13.4 Å². The molecule has 0 amide bonds. The lowest BCUT2D eigenvalue weighted by molar-refractivity contribution is 0.374. The average Bonchev–Trinajstić information content (AvgIpc) is 3.07. The summed E-state index contributed by atoms with van der Waals surface area (Å²) in [5.74, 6) is 0. The summed E-state index contributed by atoms with van der Waals surface area (Å²) in [5.41, 5.74) is 5.30. The van der Waals surface area contributed by atoms with Crippen LogP contribution in [-0.2, 0) is 10.0 Å². The Labute approximate surface area is 169 Å². The Morgan fingerprint density at radius 2 is 1.71 bits per heavy atom. The summed E-state index contributed by atoms with van der Waals surface area (Å²) in [6, 6.07) is 15.2. The van der Waals surface area contributed by atoms with Gasteiger partial charge in [-0.15, -0.1) is 0 Å². The molecule has 0 fully saturated rings. The van der Waals surface area contributed by atoms with E-state index in [-0.39, 0.29) is 0 Å². The van der Waals surface area contributed by atoms with Gasteiger partial charge in [0.2, 0.25) is 10.0 Å². The fourth-order valence-corrected chi connectivity index (χ4v) is 4.64. The largest absolute Gasteiger partial charge is 0.247 e. The van der Waals surface area contributed by atoms with E-state index < -0.39 is 16.1 Å². The van der Waals surface area contributed by atoms with Crippen LogP contribution < -0.4 is 0 Å². The van der Waals surface area contributed by atoms with Gasteiger partial charge in [-0.05, 0) is 37.6 Å². The first-order valence-electron chi connectivity index (χ1n) is 8.93. The highest BCUT2D eigenvalue weighted by Gasteiger charge is 2.36. The van der Waals surface area contributed by atoms with Gasteiger partial charge in [0.05, 0.1) is 23.5 Å². The van der Waals surface area contributed by atoms with E-state index in [1.807, 2.05) is 62.4 Å². The third kappa shape index (κ3) is 3.50. The molecule has 2 heterocycles. The monoisotopic (exact) mass is 413 g/mol. The van der Waals surface area contributed by atoms with Crippen molar-refractivity contribution in [3.05, 3.63) is 75.9 Å². The summed E-state index contributed by atoms with van der Waals surface area (Å²) in [4.78, 5) is 4.48. The number of hydrogen-bond donors (Lipinski definition) is 0. The van der Waals surface area contributed by atoms with Gasteiger partial charge in [-0.3, -0.25) is 0 Å². The number of aromatic nitrogens is 1. The van der Waals surface area contributed by atoms with Gasteiger partial charge in [-0.2, -0.15) is 9.52 Å². The van der Waals surface area contributed by atoms with Crippen LogP contribution in [0.3, 0.4) is 0 Å². The van der Waals surface area contributed by atoms with Crippen molar-refractivity contribution in [3.8, 4) is 0 Å². The van der Waals surface area contributed by atoms with Crippen LogP contribution in [-0.4, -0.2) is 29.8 Å². The van der Waals surface area contributed by atoms with Crippen LogP contribution in [0.5, 0.6) is 0 Å². The molecule has 4 rings (SSSR count). The molecule has 0 N–H and O–H groups in total. The molecule has 7 heteroatoms. The smallest absolute Gasteiger partial charge is 0.236 e. The van der Waals surface area contributed by atoms with Gasteiger partial charge in [0.25, 0.3) is 0 Å². The number of sulfonamides is 1. The number of hydrazone groups is 1. The van der Waals surface area contributed by atoms with Gasteiger partial charge in [0, 0.05) is 17.4 Å². The average molecular weight is 414 g/mol. The Morgan fingerprint density at radius 1 is 1.04 bits per heavy atom. The summed E-state index contributed by atoms with van der Waals surface area (Å²) in [5, 5.41) is 5.66. The second-order valence-electron chi connectivity index (χ2n) is 7.23. The summed E-state index contributed by atoms with van der Waals surface area (Å²) in [6.45, 7) is 4.01. The molecule has 2 aromatic carbocycles. The fourth-order valence-electron chi connectivity index (χ4n) is 3.47. The molecule has 1 atom stereocenters. The lowest BCUT2D eigenvalue weighted by atomic mass is 9.98. The minimum atomic E-state index is -3.57. The van der Waals surface area contributed by atoms with Crippen LogP contribution in [0.1, 0.15) is 34.7 Å². The molecule has 0 radical (unpaired) electrons. The van der Waals surface area contributed by atoms with Crippen molar-refractivity contribution in [1.82, 2.24) is 9.40 Å². The van der Waals surface area contributed by atoms with Crippen LogP contribution in [0, 0.1) is 13.8 Å². The molecule has 1 aliphatic heterocycles. The maximum atomic E-state index is 12.4. The Balaban J connectivity index is 1.81. The van der Waals surface area contributed by atoms with Crippen LogP contribution in [0.2, 0.25) is 5.15 Å². The minimum Gasteiger partial charge on any atom is -0.236 e. The number of pyridine rings is 1. The number of aryl methyl sites for hydroxylation is 2. The molecular formula is C21H20ClN3O2S. The molecule has 5 nitrogen and oxygen atoms in total. The van der Waals surface area contributed by atoms with Crippen LogP contribution >= 0.6 is 11.6 Å². The Kier molecular flexibility index (Phi) is 4.63. The van der Waals surface area contributed by atoms with E-state index in [1.54, 1.807) is 0 Å². The highest BCUT2D eigenvalue weighted by Crippen LogP contribution is 2.38. The quantitative estimate of drug-likeness (QED) is 0.589. The molecule has 0 unspecified atom stereocenters. The first-order valence-corrected chi connectivity index (χ1v) is 11.2. The third-order valence-electron chi connectivity index (χ3n) is 4.91. The minimum absolute atomic E-state index is 0.301. The van der Waals surface area contributed by atoms with E-state index in [0.29, 0.717) is 17.1 Å². The predicted molar refractivity (Wildman–Crippen MR) is 113 cm³/mol. The van der Waals surface area contributed by atoms with Crippen molar-refractivity contribution >= 4 is 38.2 Å². The van der Waals surface area contributed by atoms with E-state index in [9.17, 15) is 8.42 Å². The number of nitrogens with zero attached hydrogens (tertiary/aromatic N) is 3. The molecule has 28 heavy (non-hydrogen) atoms. The predicted octanol–water partition coefficient (Wildman–Crippen LogP) is 4.62. The lowest BCUT2D eigenvalue weighted by Gasteiger charge is -2.22.